The van der Waals surface area contributed by atoms with Crippen molar-refractivity contribution in [3.05, 3.63) is 108 Å². The normalized spacial score (nSPS) is 14.4. The highest BCUT2D eigenvalue weighted by Gasteiger charge is 2.38. The first-order valence-corrected chi connectivity index (χ1v) is 12.0. The Labute approximate surface area is 197 Å². The van der Waals surface area contributed by atoms with E-state index >= 15 is 0 Å². The van der Waals surface area contributed by atoms with Crippen molar-refractivity contribution in [2.75, 3.05) is 0 Å². The highest BCUT2D eigenvalue weighted by atomic mass is 14.7. The Kier molecular flexibility index (Phi) is 3.27. The number of aromatic nitrogens is 1. The Balaban J connectivity index is 1.56. The van der Waals surface area contributed by atoms with Gasteiger partial charge in [0.1, 0.15) is 0 Å². The molecule has 0 saturated heterocycles. The molecule has 0 radical (unpaired) electrons. The van der Waals surface area contributed by atoms with Crippen molar-refractivity contribution in [3.8, 4) is 11.1 Å². The molecule has 0 aliphatic heterocycles. The molecule has 0 fully saturated rings. The van der Waals surface area contributed by atoms with Crippen molar-refractivity contribution in [1.29, 1.82) is 0 Å². The fraction of sp³-hybridized carbons (Fsp3) is 0.0909. The molecule has 8 rings (SSSR count). The van der Waals surface area contributed by atoms with E-state index in [4.69, 9.17) is 0 Å². The first-order chi connectivity index (χ1) is 16.6. The number of para-hydroxylation sites is 1. The maximum atomic E-state index is 3.77. The fourth-order valence-corrected chi connectivity index (χ4v) is 6.62. The number of fused-ring (bicyclic) bond motifs is 13. The van der Waals surface area contributed by atoms with Crippen LogP contribution in [-0.2, 0) is 5.41 Å². The summed E-state index contributed by atoms with van der Waals surface area (Å²) in [6, 6.07) is 36.0. The van der Waals surface area contributed by atoms with Gasteiger partial charge in [-0.1, -0.05) is 92.7 Å². The third-order valence-electron chi connectivity index (χ3n) is 8.15. The summed E-state index contributed by atoms with van der Waals surface area (Å²) in [5.41, 5.74) is 7.96. The zero-order valence-corrected chi connectivity index (χ0v) is 19.2. The summed E-state index contributed by atoms with van der Waals surface area (Å²) in [5.74, 6) is 0. The van der Waals surface area contributed by atoms with Crippen molar-refractivity contribution < 1.29 is 0 Å². The van der Waals surface area contributed by atoms with Crippen LogP contribution < -0.4 is 0 Å². The van der Waals surface area contributed by atoms with E-state index in [-0.39, 0.29) is 5.41 Å². The largest absolute Gasteiger partial charge is 0.354 e. The van der Waals surface area contributed by atoms with Crippen molar-refractivity contribution in [1.82, 2.24) is 4.98 Å². The lowest BCUT2D eigenvalue weighted by atomic mass is 9.80. The summed E-state index contributed by atoms with van der Waals surface area (Å²) < 4.78 is 0. The second-order valence-corrected chi connectivity index (χ2v) is 10.2. The molecule has 1 nitrogen and oxygen atoms in total. The van der Waals surface area contributed by atoms with Gasteiger partial charge >= 0.3 is 0 Å². The Bertz CT molecular complexity index is 1980. The predicted octanol–water partition coefficient (Wildman–Crippen LogP) is 9.09. The molecule has 7 aromatic rings. The third kappa shape index (κ3) is 2.11. The van der Waals surface area contributed by atoms with Crippen molar-refractivity contribution in [3.63, 3.8) is 0 Å². The van der Waals surface area contributed by atoms with Crippen LogP contribution in [0.3, 0.4) is 0 Å². The molecule has 1 heteroatoms. The van der Waals surface area contributed by atoms with Crippen molar-refractivity contribution >= 4 is 54.1 Å². The van der Waals surface area contributed by atoms with Crippen molar-refractivity contribution in [2.45, 2.75) is 19.3 Å². The molecule has 0 saturated carbocycles. The van der Waals surface area contributed by atoms with Crippen LogP contribution in [0.2, 0.25) is 0 Å². The summed E-state index contributed by atoms with van der Waals surface area (Å²) in [5, 5.41) is 10.6. The number of aromatic amines is 1. The molecular weight excluding hydrogens is 410 g/mol. The number of benzene rings is 6. The van der Waals surface area contributed by atoms with E-state index in [2.05, 4.69) is 116 Å². The molecule has 1 N–H and O–H groups in total. The van der Waals surface area contributed by atoms with E-state index in [0.717, 1.165) is 0 Å². The van der Waals surface area contributed by atoms with Crippen LogP contribution in [0.5, 0.6) is 0 Å². The van der Waals surface area contributed by atoms with Gasteiger partial charge in [-0.2, -0.15) is 0 Å². The van der Waals surface area contributed by atoms with Gasteiger partial charge in [-0.05, 0) is 72.8 Å². The average Bonchev–Trinajstić information content (AvgIpc) is 3.36. The molecule has 0 unspecified atom stereocenters. The van der Waals surface area contributed by atoms with E-state index in [1.807, 2.05) is 0 Å². The van der Waals surface area contributed by atoms with Gasteiger partial charge in [0.05, 0.1) is 5.52 Å². The number of rotatable bonds is 0. The highest BCUT2D eigenvalue weighted by Crippen LogP contribution is 2.53. The monoisotopic (exact) mass is 433 g/mol. The maximum Gasteiger partial charge on any atom is 0.0512 e. The second kappa shape index (κ2) is 6.07. The summed E-state index contributed by atoms with van der Waals surface area (Å²) in [6.07, 6.45) is 0. The molecule has 6 aromatic carbocycles. The summed E-state index contributed by atoms with van der Waals surface area (Å²) in [4.78, 5) is 3.77. The van der Waals surface area contributed by atoms with Crippen LogP contribution in [0.25, 0.3) is 65.3 Å². The van der Waals surface area contributed by atoms with E-state index in [1.54, 1.807) is 0 Å². The van der Waals surface area contributed by atoms with E-state index in [0.29, 0.717) is 0 Å². The van der Waals surface area contributed by atoms with Crippen LogP contribution in [0.1, 0.15) is 25.0 Å². The minimum Gasteiger partial charge on any atom is -0.354 e. The highest BCUT2D eigenvalue weighted by molar-refractivity contribution is 6.26. The summed E-state index contributed by atoms with van der Waals surface area (Å²) >= 11 is 0. The quantitative estimate of drug-likeness (QED) is 0.230. The molecule has 0 spiro atoms. The fourth-order valence-electron chi connectivity index (χ4n) is 6.62. The van der Waals surface area contributed by atoms with Crippen LogP contribution in [0, 0.1) is 0 Å². The SMILES string of the molecule is CC1(C)c2cc3c4ccccc4c4ccccc4c3cc2-c2ccc3c([nH]c4ccccc43)c21. The molecule has 0 atom stereocenters. The van der Waals surface area contributed by atoms with Crippen LogP contribution in [0.15, 0.2) is 97.1 Å². The van der Waals surface area contributed by atoms with Gasteiger partial charge in [0.2, 0.25) is 0 Å². The molecule has 34 heavy (non-hydrogen) atoms. The van der Waals surface area contributed by atoms with Crippen LogP contribution >= 0.6 is 0 Å². The van der Waals surface area contributed by atoms with Gasteiger partial charge in [-0.3, -0.25) is 0 Å². The van der Waals surface area contributed by atoms with Gasteiger partial charge in [0.25, 0.3) is 0 Å². The Morgan fingerprint density at radius 2 is 1.06 bits per heavy atom. The first kappa shape index (κ1) is 18.3. The Morgan fingerprint density at radius 3 is 1.74 bits per heavy atom. The van der Waals surface area contributed by atoms with Gasteiger partial charge in [-0.25, -0.2) is 0 Å². The smallest absolute Gasteiger partial charge is 0.0512 e. The van der Waals surface area contributed by atoms with Gasteiger partial charge in [0, 0.05) is 21.7 Å². The number of H-pyrrole nitrogens is 1. The molecule has 1 aliphatic rings. The standard InChI is InChI=1S/C33H23N/c1-33(2)29-18-27-22-12-6-4-10-20(22)19-9-3-5-11-21(19)26(27)17-28(29)24-15-16-25-23-13-7-8-14-30(23)34-32(25)31(24)33/h3-18,34H,1-2H3. The zero-order chi connectivity index (χ0) is 22.6. The van der Waals surface area contributed by atoms with Gasteiger partial charge < -0.3 is 4.98 Å². The molecule has 1 aliphatic carbocycles. The predicted molar refractivity (Wildman–Crippen MR) is 146 cm³/mol. The Hall–Kier alpha value is -4.10. The minimum atomic E-state index is -0.0913. The lowest BCUT2D eigenvalue weighted by Gasteiger charge is -2.23. The number of hydrogen-bond donors (Lipinski definition) is 1. The number of nitrogens with one attached hydrogen (secondary N) is 1. The molecular formula is C33H23N. The third-order valence-corrected chi connectivity index (χ3v) is 8.15. The average molecular weight is 434 g/mol. The molecule has 160 valence electrons. The zero-order valence-electron chi connectivity index (χ0n) is 19.2. The second-order valence-electron chi connectivity index (χ2n) is 10.2. The summed E-state index contributed by atoms with van der Waals surface area (Å²) in [6.45, 7) is 4.77. The first-order valence-electron chi connectivity index (χ1n) is 12.0. The number of hydrogen-bond acceptors (Lipinski definition) is 0. The molecule has 1 aromatic heterocycles. The van der Waals surface area contributed by atoms with Crippen molar-refractivity contribution in [2.24, 2.45) is 0 Å². The molecule has 1 heterocycles. The van der Waals surface area contributed by atoms with Crippen LogP contribution in [0.4, 0.5) is 0 Å². The summed E-state index contributed by atoms with van der Waals surface area (Å²) in [7, 11) is 0. The lowest BCUT2D eigenvalue weighted by Crippen LogP contribution is -2.15. The topological polar surface area (TPSA) is 15.8 Å². The van der Waals surface area contributed by atoms with E-state index in [9.17, 15) is 0 Å². The minimum absolute atomic E-state index is 0.0913. The Morgan fingerprint density at radius 1 is 0.500 bits per heavy atom. The van der Waals surface area contributed by atoms with E-state index < -0.39 is 0 Å². The van der Waals surface area contributed by atoms with E-state index in [1.165, 1.54) is 76.4 Å². The van der Waals surface area contributed by atoms with Gasteiger partial charge in [0.15, 0.2) is 0 Å². The lowest BCUT2D eigenvalue weighted by molar-refractivity contribution is 0.666. The molecule has 0 bridgehead atoms. The van der Waals surface area contributed by atoms with Gasteiger partial charge in [-0.15, -0.1) is 0 Å². The van der Waals surface area contributed by atoms with Crippen LogP contribution in [-0.4, -0.2) is 4.98 Å². The maximum absolute atomic E-state index is 3.77. The molecule has 0 amide bonds.